The van der Waals surface area contributed by atoms with E-state index in [-0.39, 0.29) is 24.1 Å². The van der Waals surface area contributed by atoms with Crippen molar-refractivity contribution in [3.63, 3.8) is 0 Å². The average Bonchev–Trinajstić information content (AvgIpc) is 3.32. The fraction of sp³-hybridized carbons (Fsp3) is 0.867. The van der Waals surface area contributed by atoms with Gasteiger partial charge in [0, 0.05) is 19.1 Å². The van der Waals surface area contributed by atoms with E-state index in [0.717, 1.165) is 12.8 Å². The lowest BCUT2D eigenvalue weighted by Crippen LogP contribution is -2.52. The Hall–Kier alpha value is -1.30. The minimum absolute atomic E-state index is 0.0114. The number of carboxylic acid groups (broad SMARTS) is 1. The fourth-order valence-electron chi connectivity index (χ4n) is 3.36. The monoisotopic (exact) mass is 296 g/mol. The molecule has 2 N–H and O–H groups in total. The number of carbonyl (C=O) groups is 2. The van der Waals surface area contributed by atoms with Crippen molar-refractivity contribution in [2.24, 2.45) is 11.8 Å². The van der Waals surface area contributed by atoms with Gasteiger partial charge in [0.1, 0.15) is 0 Å². The number of hydrogen-bond acceptors (Lipinski definition) is 3. The molecule has 3 rings (SSSR count). The van der Waals surface area contributed by atoms with Crippen LogP contribution in [0, 0.1) is 11.8 Å². The Kier molecular flexibility index (Phi) is 4.33. The second-order valence-corrected chi connectivity index (χ2v) is 6.53. The first-order chi connectivity index (χ1) is 10.1. The second kappa shape index (κ2) is 6.22. The maximum absolute atomic E-state index is 12.3. The number of aliphatic carboxylic acids is 1. The van der Waals surface area contributed by atoms with E-state index in [9.17, 15) is 9.59 Å². The summed E-state index contributed by atoms with van der Waals surface area (Å²) < 4.78 is 5.73. The first-order valence-electron chi connectivity index (χ1n) is 8.03. The van der Waals surface area contributed by atoms with Crippen LogP contribution in [-0.2, 0) is 9.53 Å². The third-order valence-corrected chi connectivity index (χ3v) is 4.93. The van der Waals surface area contributed by atoms with Crippen LogP contribution in [0.3, 0.4) is 0 Å². The van der Waals surface area contributed by atoms with Gasteiger partial charge < -0.3 is 20.1 Å². The van der Waals surface area contributed by atoms with Crippen molar-refractivity contribution < 1.29 is 19.4 Å². The van der Waals surface area contributed by atoms with Crippen LogP contribution in [0.2, 0.25) is 0 Å². The van der Waals surface area contributed by atoms with Gasteiger partial charge in [0.2, 0.25) is 0 Å². The molecule has 6 nitrogen and oxygen atoms in total. The zero-order valence-electron chi connectivity index (χ0n) is 12.3. The highest BCUT2D eigenvalue weighted by molar-refractivity contribution is 5.75. The van der Waals surface area contributed by atoms with Crippen LogP contribution in [0.5, 0.6) is 0 Å². The quantitative estimate of drug-likeness (QED) is 0.826. The second-order valence-electron chi connectivity index (χ2n) is 6.53. The Bertz CT molecular complexity index is 402. The molecule has 3 fully saturated rings. The molecule has 0 spiro atoms. The van der Waals surface area contributed by atoms with Crippen LogP contribution in [-0.4, -0.2) is 53.8 Å². The number of carboxylic acids is 1. The van der Waals surface area contributed by atoms with E-state index in [1.165, 1.54) is 12.8 Å². The van der Waals surface area contributed by atoms with Crippen LogP contribution >= 0.6 is 0 Å². The first kappa shape index (κ1) is 14.6. The largest absolute Gasteiger partial charge is 0.481 e. The van der Waals surface area contributed by atoms with Crippen LogP contribution in [0.4, 0.5) is 4.79 Å². The van der Waals surface area contributed by atoms with Crippen LogP contribution < -0.4 is 5.32 Å². The summed E-state index contributed by atoms with van der Waals surface area (Å²) in [6.45, 7) is 1.97. The van der Waals surface area contributed by atoms with E-state index < -0.39 is 5.97 Å². The lowest BCUT2D eigenvalue weighted by Gasteiger charge is -2.35. The van der Waals surface area contributed by atoms with Gasteiger partial charge in [-0.3, -0.25) is 4.79 Å². The van der Waals surface area contributed by atoms with Gasteiger partial charge in [-0.15, -0.1) is 0 Å². The normalized spacial score (nSPS) is 33.5. The maximum Gasteiger partial charge on any atom is 0.317 e. The number of hydrogen-bond donors (Lipinski definition) is 2. The van der Waals surface area contributed by atoms with Crippen molar-refractivity contribution in [3.8, 4) is 0 Å². The van der Waals surface area contributed by atoms with Gasteiger partial charge in [0.25, 0.3) is 0 Å². The molecule has 1 heterocycles. The lowest BCUT2D eigenvalue weighted by atomic mass is 9.86. The number of amides is 2. The minimum Gasteiger partial charge on any atom is -0.481 e. The smallest absolute Gasteiger partial charge is 0.317 e. The number of morpholine rings is 1. The summed E-state index contributed by atoms with van der Waals surface area (Å²) in [7, 11) is 0. The number of nitrogens with one attached hydrogen (secondary N) is 1. The van der Waals surface area contributed by atoms with Crippen LogP contribution in [0.25, 0.3) is 0 Å². The molecule has 6 heteroatoms. The van der Waals surface area contributed by atoms with Gasteiger partial charge in [-0.2, -0.15) is 0 Å². The predicted octanol–water partition coefficient (Wildman–Crippen LogP) is 1.45. The Morgan fingerprint density at radius 2 is 1.81 bits per heavy atom. The molecule has 0 radical (unpaired) electrons. The van der Waals surface area contributed by atoms with E-state index in [0.29, 0.717) is 38.5 Å². The average molecular weight is 296 g/mol. The molecule has 2 saturated carbocycles. The number of nitrogens with zero attached hydrogens (tertiary/aromatic N) is 1. The molecule has 2 aliphatic carbocycles. The molecule has 21 heavy (non-hydrogen) atoms. The summed E-state index contributed by atoms with van der Waals surface area (Å²) in [5.74, 6) is -0.298. The van der Waals surface area contributed by atoms with Crippen LogP contribution in [0.15, 0.2) is 0 Å². The molecule has 1 unspecified atom stereocenters. The minimum atomic E-state index is -0.708. The highest BCUT2D eigenvalue weighted by Gasteiger charge is 2.37. The van der Waals surface area contributed by atoms with Gasteiger partial charge in [-0.25, -0.2) is 4.79 Å². The molecule has 0 aromatic carbocycles. The summed E-state index contributed by atoms with van der Waals surface area (Å²) in [5, 5.41) is 12.1. The standard InChI is InChI=1S/C15H24N2O4/c18-14(19)11-3-5-12(6-4-11)16-15(20)17-7-8-21-13(9-17)10-1-2-10/h10-13H,1-9H2,(H,16,20)(H,18,19). The van der Waals surface area contributed by atoms with Crippen molar-refractivity contribution in [2.45, 2.75) is 50.7 Å². The molecule has 1 saturated heterocycles. The SMILES string of the molecule is O=C(O)C1CCC(NC(=O)N2CCOC(C3CC3)C2)CC1. The highest BCUT2D eigenvalue weighted by atomic mass is 16.5. The first-order valence-corrected chi connectivity index (χ1v) is 8.03. The van der Waals surface area contributed by atoms with E-state index in [1.54, 1.807) is 0 Å². The highest BCUT2D eigenvalue weighted by Crippen LogP contribution is 2.35. The Morgan fingerprint density at radius 1 is 1.10 bits per heavy atom. The summed E-state index contributed by atoms with van der Waals surface area (Å²) in [6.07, 6.45) is 5.51. The van der Waals surface area contributed by atoms with Gasteiger partial charge in [-0.05, 0) is 44.4 Å². The van der Waals surface area contributed by atoms with E-state index in [2.05, 4.69) is 5.32 Å². The molecular formula is C15H24N2O4. The molecule has 0 aromatic rings. The van der Waals surface area contributed by atoms with E-state index in [1.807, 2.05) is 4.90 Å². The number of urea groups is 1. The number of ether oxygens (including phenoxy) is 1. The zero-order chi connectivity index (χ0) is 14.8. The summed E-state index contributed by atoms with van der Waals surface area (Å²) in [5.41, 5.74) is 0. The Labute approximate surface area is 124 Å². The predicted molar refractivity (Wildman–Crippen MR) is 76.0 cm³/mol. The topological polar surface area (TPSA) is 78.9 Å². The van der Waals surface area contributed by atoms with Crippen molar-refractivity contribution in [2.75, 3.05) is 19.7 Å². The van der Waals surface area contributed by atoms with Gasteiger partial charge >= 0.3 is 12.0 Å². The Morgan fingerprint density at radius 3 is 2.43 bits per heavy atom. The van der Waals surface area contributed by atoms with Crippen molar-refractivity contribution in [3.05, 3.63) is 0 Å². The van der Waals surface area contributed by atoms with Crippen LogP contribution in [0.1, 0.15) is 38.5 Å². The van der Waals surface area contributed by atoms with E-state index >= 15 is 0 Å². The molecule has 118 valence electrons. The fourth-order valence-corrected chi connectivity index (χ4v) is 3.36. The number of carbonyl (C=O) groups excluding carboxylic acids is 1. The molecule has 0 bridgehead atoms. The molecule has 0 aromatic heterocycles. The third-order valence-electron chi connectivity index (χ3n) is 4.93. The molecular weight excluding hydrogens is 272 g/mol. The van der Waals surface area contributed by atoms with Gasteiger partial charge in [-0.1, -0.05) is 0 Å². The number of rotatable bonds is 3. The molecule has 1 atom stereocenters. The van der Waals surface area contributed by atoms with E-state index in [4.69, 9.17) is 9.84 Å². The molecule has 1 aliphatic heterocycles. The van der Waals surface area contributed by atoms with Crippen molar-refractivity contribution >= 4 is 12.0 Å². The Balaban J connectivity index is 1.44. The van der Waals surface area contributed by atoms with Crippen molar-refractivity contribution in [1.29, 1.82) is 0 Å². The summed E-state index contributed by atoms with van der Waals surface area (Å²) in [6, 6.07) is 0.109. The third kappa shape index (κ3) is 3.67. The molecule has 3 aliphatic rings. The van der Waals surface area contributed by atoms with Gasteiger partial charge in [0.05, 0.1) is 18.6 Å². The maximum atomic E-state index is 12.3. The van der Waals surface area contributed by atoms with Crippen molar-refractivity contribution in [1.82, 2.24) is 10.2 Å². The summed E-state index contributed by atoms with van der Waals surface area (Å²) >= 11 is 0. The zero-order valence-corrected chi connectivity index (χ0v) is 12.3. The van der Waals surface area contributed by atoms with Gasteiger partial charge in [0.15, 0.2) is 0 Å². The lowest BCUT2D eigenvalue weighted by molar-refractivity contribution is -0.142. The summed E-state index contributed by atoms with van der Waals surface area (Å²) in [4.78, 5) is 25.1. The molecule has 2 amide bonds.